The molecule has 0 aliphatic heterocycles. The highest BCUT2D eigenvalue weighted by Gasteiger charge is 2.12. The third-order valence-corrected chi connectivity index (χ3v) is 3.62. The first kappa shape index (κ1) is 10.9. The van der Waals surface area contributed by atoms with Crippen LogP contribution in [-0.2, 0) is 0 Å². The maximum Gasteiger partial charge on any atom is 0.257 e. The Kier molecular flexibility index (Phi) is 2.56. The molecule has 0 saturated heterocycles. The van der Waals surface area contributed by atoms with Gasteiger partial charge in [-0.2, -0.15) is 10.1 Å². The molecule has 0 spiro atoms. The number of fused-ring (bicyclic) bond motifs is 1. The molecule has 2 heterocycles. The van der Waals surface area contributed by atoms with Crippen molar-refractivity contribution in [3.63, 3.8) is 0 Å². The van der Waals surface area contributed by atoms with Crippen molar-refractivity contribution in [3.05, 3.63) is 41.6 Å². The number of carbonyl (C=O) groups excluding carboxylic acids is 1. The highest BCUT2D eigenvalue weighted by atomic mass is 32.1. The standard InChI is InChI=1S/C12H10N4OS/c1-7-9-10(16-15-7)13-12(18-9)14-11(17)8-5-3-2-4-6-8/h2-6H,1H3,(H2,13,14,15,16,17). The summed E-state index contributed by atoms with van der Waals surface area (Å²) in [5.74, 6) is -0.159. The number of amides is 1. The van der Waals surface area contributed by atoms with E-state index in [1.807, 2.05) is 25.1 Å². The number of benzene rings is 1. The molecule has 0 aliphatic carbocycles. The van der Waals surface area contributed by atoms with Gasteiger partial charge in [-0.3, -0.25) is 15.2 Å². The van der Waals surface area contributed by atoms with E-state index in [0.717, 1.165) is 10.4 Å². The molecular formula is C12H10N4OS. The Labute approximate surface area is 107 Å². The number of thiazole rings is 1. The van der Waals surface area contributed by atoms with Gasteiger partial charge in [0, 0.05) is 5.56 Å². The van der Waals surface area contributed by atoms with E-state index in [1.165, 1.54) is 11.3 Å². The van der Waals surface area contributed by atoms with Crippen LogP contribution in [0, 0.1) is 6.92 Å². The monoisotopic (exact) mass is 258 g/mol. The number of carbonyl (C=O) groups is 1. The SMILES string of the molecule is Cc1[nH]nc2nc(NC(=O)c3ccccc3)sc12. The molecule has 0 atom stereocenters. The van der Waals surface area contributed by atoms with Crippen molar-refractivity contribution in [3.8, 4) is 0 Å². The average molecular weight is 258 g/mol. The number of hydrogen-bond acceptors (Lipinski definition) is 4. The number of nitrogens with one attached hydrogen (secondary N) is 2. The molecular weight excluding hydrogens is 248 g/mol. The van der Waals surface area contributed by atoms with Crippen LogP contribution in [0.15, 0.2) is 30.3 Å². The number of aromatic nitrogens is 3. The predicted octanol–water partition coefficient (Wildman–Crippen LogP) is 2.58. The summed E-state index contributed by atoms with van der Waals surface area (Å²) >= 11 is 1.42. The number of rotatable bonds is 2. The number of anilines is 1. The van der Waals surface area contributed by atoms with Crippen molar-refractivity contribution >= 4 is 32.7 Å². The topological polar surface area (TPSA) is 70.7 Å². The van der Waals surface area contributed by atoms with Crippen LogP contribution in [0.4, 0.5) is 5.13 Å². The summed E-state index contributed by atoms with van der Waals surface area (Å²) in [6.07, 6.45) is 0. The maximum absolute atomic E-state index is 11.9. The van der Waals surface area contributed by atoms with Crippen LogP contribution in [0.25, 0.3) is 10.3 Å². The molecule has 3 aromatic rings. The summed E-state index contributed by atoms with van der Waals surface area (Å²) < 4.78 is 0.971. The summed E-state index contributed by atoms with van der Waals surface area (Å²) in [6, 6.07) is 9.05. The molecule has 3 rings (SSSR count). The largest absolute Gasteiger partial charge is 0.298 e. The minimum absolute atomic E-state index is 0.159. The van der Waals surface area contributed by atoms with Gasteiger partial charge < -0.3 is 0 Å². The minimum Gasteiger partial charge on any atom is -0.298 e. The molecule has 6 heteroatoms. The second kappa shape index (κ2) is 4.23. The summed E-state index contributed by atoms with van der Waals surface area (Å²) in [7, 11) is 0. The zero-order valence-electron chi connectivity index (χ0n) is 9.60. The Morgan fingerprint density at radius 1 is 1.33 bits per heavy atom. The van der Waals surface area contributed by atoms with Crippen LogP contribution >= 0.6 is 11.3 Å². The van der Waals surface area contributed by atoms with Crippen LogP contribution < -0.4 is 5.32 Å². The summed E-state index contributed by atoms with van der Waals surface area (Å²) in [5, 5.41) is 10.2. The van der Waals surface area contributed by atoms with Crippen molar-refractivity contribution in [2.45, 2.75) is 6.92 Å². The van der Waals surface area contributed by atoms with Crippen molar-refractivity contribution in [2.75, 3.05) is 5.32 Å². The van der Waals surface area contributed by atoms with E-state index < -0.39 is 0 Å². The Morgan fingerprint density at radius 2 is 2.11 bits per heavy atom. The number of hydrogen-bond donors (Lipinski definition) is 2. The molecule has 5 nitrogen and oxygen atoms in total. The highest BCUT2D eigenvalue weighted by molar-refractivity contribution is 7.22. The Balaban J connectivity index is 1.86. The first-order valence-corrected chi connectivity index (χ1v) is 6.23. The molecule has 0 aliphatic rings. The Bertz CT molecular complexity index is 701. The zero-order valence-corrected chi connectivity index (χ0v) is 10.4. The van der Waals surface area contributed by atoms with Gasteiger partial charge in [-0.25, -0.2) is 0 Å². The second-order valence-corrected chi connectivity index (χ2v) is 4.84. The van der Waals surface area contributed by atoms with Crippen LogP contribution in [-0.4, -0.2) is 21.1 Å². The van der Waals surface area contributed by atoms with Gasteiger partial charge >= 0.3 is 0 Å². The van der Waals surface area contributed by atoms with Gasteiger partial charge in [-0.15, -0.1) is 0 Å². The van der Waals surface area contributed by atoms with E-state index in [4.69, 9.17) is 0 Å². The van der Waals surface area contributed by atoms with Crippen LogP contribution in [0.2, 0.25) is 0 Å². The van der Waals surface area contributed by atoms with Crippen molar-refractivity contribution in [1.82, 2.24) is 15.2 Å². The third-order valence-electron chi connectivity index (χ3n) is 2.54. The molecule has 0 bridgehead atoms. The normalized spacial score (nSPS) is 10.7. The van der Waals surface area contributed by atoms with Crippen molar-refractivity contribution < 1.29 is 4.79 Å². The maximum atomic E-state index is 11.9. The third kappa shape index (κ3) is 1.86. The van der Waals surface area contributed by atoms with E-state index in [1.54, 1.807) is 12.1 Å². The molecule has 18 heavy (non-hydrogen) atoms. The lowest BCUT2D eigenvalue weighted by Crippen LogP contribution is -2.11. The molecule has 1 aromatic carbocycles. The Morgan fingerprint density at radius 3 is 2.83 bits per heavy atom. The lowest BCUT2D eigenvalue weighted by Gasteiger charge is -2.00. The molecule has 1 amide bonds. The quantitative estimate of drug-likeness (QED) is 0.742. The average Bonchev–Trinajstić information content (AvgIpc) is 2.93. The molecule has 0 radical (unpaired) electrons. The fraction of sp³-hybridized carbons (Fsp3) is 0.0833. The predicted molar refractivity (Wildman–Crippen MR) is 70.9 cm³/mol. The number of aryl methyl sites for hydroxylation is 1. The lowest BCUT2D eigenvalue weighted by molar-refractivity contribution is 0.102. The number of aromatic amines is 1. The lowest BCUT2D eigenvalue weighted by atomic mass is 10.2. The summed E-state index contributed by atoms with van der Waals surface area (Å²) in [5.41, 5.74) is 2.21. The van der Waals surface area contributed by atoms with Gasteiger partial charge in [-0.1, -0.05) is 29.5 Å². The summed E-state index contributed by atoms with van der Waals surface area (Å²) in [4.78, 5) is 16.2. The zero-order chi connectivity index (χ0) is 12.5. The fourth-order valence-electron chi connectivity index (χ4n) is 1.63. The van der Waals surface area contributed by atoms with Crippen molar-refractivity contribution in [2.24, 2.45) is 0 Å². The summed E-state index contributed by atoms with van der Waals surface area (Å²) in [6.45, 7) is 1.93. The fourth-order valence-corrected chi connectivity index (χ4v) is 2.48. The van der Waals surface area contributed by atoms with E-state index in [0.29, 0.717) is 16.3 Å². The first-order valence-electron chi connectivity index (χ1n) is 5.42. The number of H-pyrrole nitrogens is 1. The van der Waals surface area contributed by atoms with E-state index in [9.17, 15) is 4.79 Å². The highest BCUT2D eigenvalue weighted by Crippen LogP contribution is 2.26. The number of nitrogens with zero attached hydrogens (tertiary/aromatic N) is 2. The Hall–Kier alpha value is -2.21. The minimum atomic E-state index is -0.159. The van der Waals surface area contributed by atoms with Gasteiger partial charge in [0.1, 0.15) is 0 Å². The smallest absolute Gasteiger partial charge is 0.257 e. The van der Waals surface area contributed by atoms with Crippen LogP contribution in [0.3, 0.4) is 0 Å². The molecule has 0 saturated carbocycles. The molecule has 2 aromatic heterocycles. The molecule has 0 fully saturated rings. The molecule has 0 unspecified atom stereocenters. The van der Waals surface area contributed by atoms with E-state index in [-0.39, 0.29) is 5.91 Å². The second-order valence-electron chi connectivity index (χ2n) is 3.84. The first-order chi connectivity index (χ1) is 8.74. The van der Waals surface area contributed by atoms with Gasteiger partial charge in [0.05, 0.1) is 10.4 Å². The van der Waals surface area contributed by atoms with Gasteiger partial charge in [0.25, 0.3) is 5.91 Å². The van der Waals surface area contributed by atoms with Gasteiger partial charge in [-0.05, 0) is 19.1 Å². The van der Waals surface area contributed by atoms with Crippen molar-refractivity contribution in [1.29, 1.82) is 0 Å². The molecule has 2 N–H and O–H groups in total. The van der Waals surface area contributed by atoms with E-state index in [2.05, 4.69) is 20.5 Å². The van der Waals surface area contributed by atoms with Gasteiger partial charge in [0.2, 0.25) is 0 Å². The van der Waals surface area contributed by atoms with Crippen LogP contribution in [0.1, 0.15) is 16.1 Å². The van der Waals surface area contributed by atoms with E-state index >= 15 is 0 Å². The van der Waals surface area contributed by atoms with Gasteiger partial charge in [0.15, 0.2) is 10.8 Å². The molecule has 90 valence electrons. The van der Waals surface area contributed by atoms with Crippen LogP contribution in [0.5, 0.6) is 0 Å².